The number of rotatable bonds is 4. The minimum absolute atomic E-state index is 0.111. The van der Waals surface area contributed by atoms with Gasteiger partial charge in [0.05, 0.1) is 18.2 Å². The molecule has 2 fully saturated rings. The number of urea groups is 1. The van der Waals surface area contributed by atoms with Gasteiger partial charge in [-0.3, -0.25) is 14.6 Å². The molecule has 1 aromatic rings. The molecule has 1 aromatic carbocycles. The summed E-state index contributed by atoms with van der Waals surface area (Å²) < 4.78 is 5.93. The number of hydrogen-bond acceptors (Lipinski definition) is 5. The Hall–Kier alpha value is -2.59. The Balaban J connectivity index is 1.44. The Kier molecular flexibility index (Phi) is 4.96. The number of nitrogens with one attached hydrogen (secondary N) is 1. The third-order valence-corrected chi connectivity index (χ3v) is 4.34. The normalized spacial score (nSPS) is 19.0. The second-order valence-corrected chi connectivity index (χ2v) is 6.01. The molecule has 126 valence electrons. The van der Waals surface area contributed by atoms with Crippen molar-refractivity contribution in [3.8, 4) is 11.8 Å². The lowest BCUT2D eigenvalue weighted by molar-refractivity contribution is -0.129. The molecule has 2 aliphatic heterocycles. The summed E-state index contributed by atoms with van der Waals surface area (Å²) in [5.41, 5.74) is 0.613. The molecule has 3 amide bonds. The zero-order chi connectivity index (χ0) is 16.9. The third-order valence-electron chi connectivity index (χ3n) is 4.34. The molecule has 3 rings (SSSR count). The number of hydrogen-bond donors (Lipinski definition) is 1. The average molecular weight is 328 g/mol. The molecule has 0 bridgehead atoms. The molecule has 7 heteroatoms. The van der Waals surface area contributed by atoms with Gasteiger partial charge < -0.3 is 10.1 Å². The van der Waals surface area contributed by atoms with Gasteiger partial charge in [-0.1, -0.05) is 0 Å². The Morgan fingerprint density at radius 3 is 2.54 bits per heavy atom. The topological polar surface area (TPSA) is 85.7 Å². The number of ether oxygens (including phenoxy) is 1. The fourth-order valence-electron chi connectivity index (χ4n) is 2.97. The highest BCUT2D eigenvalue weighted by Gasteiger charge is 2.29. The second-order valence-electron chi connectivity index (χ2n) is 6.01. The van der Waals surface area contributed by atoms with Gasteiger partial charge in [0, 0.05) is 26.2 Å². The molecule has 0 aliphatic carbocycles. The van der Waals surface area contributed by atoms with Crippen LogP contribution in [0.5, 0.6) is 5.75 Å². The van der Waals surface area contributed by atoms with Crippen molar-refractivity contribution in [3.63, 3.8) is 0 Å². The molecule has 2 aliphatic rings. The van der Waals surface area contributed by atoms with Gasteiger partial charge in [-0.15, -0.1) is 0 Å². The van der Waals surface area contributed by atoms with Gasteiger partial charge in [0.25, 0.3) is 0 Å². The van der Waals surface area contributed by atoms with E-state index in [0.29, 0.717) is 18.7 Å². The summed E-state index contributed by atoms with van der Waals surface area (Å²) in [6, 6.07) is 8.88. The first-order chi connectivity index (χ1) is 11.7. The van der Waals surface area contributed by atoms with Crippen molar-refractivity contribution >= 4 is 11.9 Å². The molecule has 0 atom stereocenters. The molecular weight excluding hydrogens is 308 g/mol. The molecule has 2 heterocycles. The number of benzene rings is 1. The molecule has 0 unspecified atom stereocenters. The van der Waals surface area contributed by atoms with E-state index < -0.39 is 0 Å². The van der Waals surface area contributed by atoms with Crippen LogP contribution in [0.15, 0.2) is 24.3 Å². The van der Waals surface area contributed by atoms with Gasteiger partial charge in [-0.05, 0) is 37.1 Å². The van der Waals surface area contributed by atoms with E-state index in [1.807, 2.05) is 0 Å². The fraction of sp³-hybridized carbons (Fsp3) is 0.471. The van der Waals surface area contributed by atoms with Crippen LogP contribution in [-0.2, 0) is 4.79 Å². The summed E-state index contributed by atoms with van der Waals surface area (Å²) in [4.78, 5) is 27.0. The maximum atomic E-state index is 12.1. The maximum absolute atomic E-state index is 12.1. The van der Waals surface area contributed by atoms with Crippen LogP contribution in [-0.4, -0.2) is 60.6 Å². The van der Waals surface area contributed by atoms with Gasteiger partial charge in [0.1, 0.15) is 11.9 Å². The Bertz CT molecular complexity index is 645. The van der Waals surface area contributed by atoms with Crippen molar-refractivity contribution in [1.82, 2.24) is 15.1 Å². The summed E-state index contributed by atoms with van der Waals surface area (Å²) in [5.74, 6) is 0.619. The van der Waals surface area contributed by atoms with Crippen molar-refractivity contribution in [3.05, 3.63) is 29.8 Å². The molecule has 0 saturated carbocycles. The number of likely N-dealkylation sites (tertiary alicyclic amines) is 1. The molecule has 1 N–H and O–H groups in total. The second kappa shape index (κ2) is 7.32. The molecule has 0 spiro atoms. The Morgan fingerprint density at radius 2 is 1.96 bits per heavy atom. The highest BCUT2D eigenvalue weighted by atomic mass is 16.5. The van der Waals surface area contributed by atoms with Crippen LogP contribution < -0.4 is 10.1 Å². The minimum Gasteiger partial charge on any atom is -0.490 e. The van der Waals surface area contributed by atoms with Crippen molar-refractivity contribution in [2.24, 2.45) is 0 Å². The number of amides is 3. The van der Waals surface area contributed by atoms with Crippen LogP contribution in [0.4, 0.5) is 4.79 Å². The smallest absolute Gasteiger partial charge is 0.324 e. The van der Waals surface area contributed by atoms with Crippen LogP contribution in [0.3, 0.4) is 0 Å². The molecular formula is C17H20N4O3. The standard InChI is InChI=1S/C17H20N4O3/c18-11-13-1-3-14(4-2-13)24-15-5-8-20(9-6-15)12-16(22)21-10-7-19-17(21)23/h1-4,15H,5-10,12H2,(H,19,23). The SMILES string of the molecule is N#Cc1ccc(OC2CCN(CC(=O)N3CCNC3=O)CC2)cc1. The predicted octanol–water partition coefficient (Wildman–Crippen LogP) is 0.953. The summed E-state index contributed by atoms with van der Waals surface area (Å²) >= 11 is 0. The van der Waals surface area contributed by atoms with Gasteiger partial charge in [-0.25, -0.2) is 4.79 Å². The van der Waals surface area contributed by atoms with Gasteiger partial charge in [0.2, 0.25) is 5.91 Å². The van der Waals surface area contributed by atoms with Crippen molar-refractivity contribution in [1.29, 1.82) is 5.26 Å². The number of imide groups is 1. The molecule has 24 heavy (non-hydrogen) atoms. The Morgan fingerprint density at radius 1 is 1.25 bits per heavy atom. The van der Waals surface area contributed by atoms with Crippen LogP contribution in [0.25, 0.3) is 0 Å². The monoisotopic (exact) mass is 328 g/mol. The summed E-state index contributed by atoms with van der Waals surface area (Å²) in [6.07, 6.45) is 1.78. The van der Waals surface area contributed by atoms with Crippen LogP contribution in [0, 0.1) is 11.3 Å². The first kappa shape index (κ1) is 16.3. The highest BCUT2D eigenvalue weighted by Crippen LogP contribution is 2.19. The van der Waals surface area contributed by atoms with Crippen molar-refractivity contribution in [2.75, 3.05) is 32.7 Å². The van der Waals surface area contributed by atoms with Gasteiger partial charge in [0.15, 0.2) is 0 Å². The predicted molar refractivity (Wildman–Crippen MR) is 86.4 cm³/mol. The molecule has 0 aromatic heterocycles. The summed E-state index contributed by atoms with van der Waals surface area (Å²) in [5, 5.41) is 11.4. The zero-order valence-electron chi connectivity index (χ0n) is 13.4. The van der Waals surface area contributed by atoms with E-state index in [4.69, 9.17) is 10.00 Å². The third kappa shape index (κ3) is 3.84. The quantitative estimate of drug-likeness (QED) is 0.889. The highest BCUT2D eigenvalue weighted by molar-refractivity contribution is 5.96. The first-order valence-corrected chi connectivity index (χ1v) is 8.13. The maximum Gasteiger partial charge on any atom is 0.324 e. The molecule has 7 nitrogen and oxygen atoms in total. The first-order valence-electron chi connectivity index (χ1n) is 8.13. The zero-order valence-corrected chi connectivity index (χ0v) is 13.4. The van der Waals surface area contributed by atoms with Crippen molar-refractivity contribution in [2.45, 2.75) is 18.9 Å². The minimum atomic E-state index is -0.293. The van der Waals surface area contributed by atoms with Crippen LogP contribution >= 0.6 is 0 Å². The lowest BCUT2D eigenvalue weighted by atomic mass is 10.1. The van der Waals surface area contributed by atoms with E-state index in [0.717, 1.165) is 31.7 Å². The number of carbonyl (C=O) groups excluding carboxylic acids is 2. The fourth-order valence-corrected chi connectivity index (χ4v) is 2.97. The van der Waals surface area contributed by atoms with Crippen molar-refractivity contribution < 1.29 is 14.3 Å². The number of piperidine rings is 1. The van der Waals surface area contributed by atoms with Gasteiger partial charge in [-0.2, -0.15) is 5.26 Å². The largest absolute Gasteiger partial charge is 0.490 e. The van der Waals surface area contributed by atoms with E-state index in [9.17, 15) is 9.59 Å². The lowest BCUT2D eigenvalue weighted by Gasteiger charge is -2.32. The lowest BCUT2D eigenvalue weighted by Crippen LogP contribution is -2.46. The summed E-state index contributed by atoms with van der Waals surface area (Å²) in [7, 11) is 0. The van der Waals surface area contributed by atoms with E-state index in [-0.39, 0.29) is 24.6 Å². The molecule has 2 saturated heterocycles. The summed E-state index contributed by atoms with van der Waals surface area (Å²) in [6.45, 7) is 2.79. The van der Waals surface area contributed by atoms with Gasteiger partial charge >= 0.3 is 6.03 Å². The van der Waals surface area contributed by atoms with E-state index in [2.05, 4.69) is 16.3 Å². The Labute approximate surface area is 140 Å². The van der Waals surface area contributed by atoms with E-state index in [1.165, 1.54) is 4.90 Å². The van der Waals surface area contributed by atoms with E-state index >= 15 is 0 Å². The van der Waals surface area contributed by atoms with Crippen LogP contribution in [0.1, 0.15) is 18.4 Å². The molecule has 0 radical (unpaired) electrons. The van der Waals surface area contributed by atoms with E-state index in [1.54, 1.807) is 24.3 Å². The van der Waals surface area contributed by atoms with Crippen LogP contribution in [0.2, 0.25) is 0 Å². The number of nitriles is 1. The number of nitrogens with zero attached hydrogens (tertiary/aromatic N) is 3. The average Bonchev–Trinajstić information content (AvgIpc) is 3.03. The number of carbonyl (C=O) groups is 2.